The quantitative estimate of drug-likeness (QED) is 0.260. The minimum Gasteiger partial charge on any atom is -0.756 e. The Bertz CT molecular complexity index is 977. The first-order valence-corrected chi connectivity index (χ1v) is 14.0. The number of nitrogens with one attached hydrogen (secondary N) is 1. The molecule has 0 aromatic heterocycles. The van der Waals surface area contributed by atoms with E-state index in [2.05, 4.69) is 16.2 Å². The zero-order valence-corrected chi connectivity index (χ0v) is 22.0. The third-order valence-corrected chi connectivity index (χ3v) is 8.46. The zero-order valence-electron chi connectivity index (χ0n) is 20.3. The first-order chi connectivity index (χ1) is 16.6. The van der Waals surface area contributed by atoms with Gasteiger partial charge in [0.25, 0.3) is 13.7 Å². The summed E-state index contributed by atoms with van der Waals surface area (Å²) in [6, 6.07) is -0.493. The Kier molecular flexibility index (Phi) is 9.20. The molecule has 0 radical (unpaired) electrons. The van der Waals surface area contributed by atoms with Gasteiger partial charge < -0.3 is 44.6 Å². The highest BCUT2D eigenvalue weighted by Gasteiger charge is 2.43. The molecule has 0 spiro atoms. The predicted octanol–water partition coefficient (Wildman–Crippen LogP) is -0.686. The van der Waals surface area contributed by atoms with Gasteiger partial charge in [0.1, 0.15) is 24.3 Å². The third kappa shape index (κ3) is 7.22. The molecule has 0 aromatic carbocycles. The number of ether oxygens (including phenoxy) is 2. The molecule has 9 atom stereocenters. The van der Waals surface area contributed by atoms with Crippen molar-refractivity contribution < 1.29 is 56.8 Å². The summed E-state index contributed by atoms with van der Waals surface area (Å²) in [5.74, 6) is -0.127. The van der Waals surface area contributed by atoms with E-state index in [1.807, 2.05) is 0 Å². The second-order valence-corrected chi connectivity index (χ2v) is 12.0. The summed E-state index contributed by atoms with van der Waals surface area (Å²) in [6.45, 7) is 6.23. The maximum absolute atomic E-state index is 12.3. The fourth-order valence-corrected chi connectivity index (χ4v) is 6.14. The topological polar surface area (TPSA) is 200 Å². The fourth-order valence-electron chi connectivity index (χ4n) is 4.03. The van der Waals surface area contributed by atoms with Crippen molar-refractivity contribution >= 4 is 21.6 Å². The van der Waals surface area contributed by atoms with E-state index in [-0.39, 0.29) is 18.1 Å². The lowest BCUT2D eigenvalue weighted by Gasteiger charge is -2.42. The minimum atomic E-state index is -5.50. The maximum atomic E-state index is 12.3. The molecule has 5 unspecified atom stereocenters. The van der Waals surface area contributed by atoms with E-state index in [9.17, 15) is 33.9 Å². The van der Waals surface area contributed by atoms with Crippen LogP contribution in [0.1, 0.15) is 26.7 Å². The standard InChI is InChI=1S/C19H33N3O12P2/c1-10-8-22(12(3)20-18(10)25)16-7-14(23)15(32-16)9-30-35(26,27)34-36(28,29)33-19-17(24)13(21(4)5)6-11(2)31-19/h8,11,13-17,19,23-24H,3,6-7,9H2,1-2,4-5H3,(H,20,25)(H,26,27)(H,28,29)/p-1/t11?,13-,14?,15+,16+,17?,19-/m0/s1. The number of likely N-dealkylation sites (N-methyl/N-ethyl adjacent to an activating group) is 1. The average molecular weight is 556 g/mol. The largest absolute Gasteiger partial charge is 0.756 e. The molecular formula is C19H32N3O12P2-. The van der Waals surface area contributed by atoms with E-state index < -0.39 is 65.2 Å². The fraction of sp³-hybridized carbons (Fsp3) is 0.737. The number of rotatable bonds is 9. The van der Waals surface area contributed by atoms with Crippen molar-refractivity contribution in [3.63, 3.8) is 0 Å². The minimum absolute atomic E-state index is 0.0363. The Balaban J connectivity index is 1.56. The Morgan fingerprint density at radius 1 is 1.31 bits per heavy atom. The molecule has 1 amide bonds. The first-order valence-electron chi connectivity index (χ1n) is 11.1. The number of hydrogen-bond donors (Lipinski definition) is 4. The van der Waals surface area contributed by atoms with Crippen LogP contribution >= 0.6 is 15.6 Å². The number of carbonyl (C=O) groups excluding carboxylic acids is 1. The number of amides is 1. The van der Waals surface area contributed by atoms with Crippen LogP contribution in [-0.2, 0) is 36.8 Å². The van der Waals surface area contributed by atoms with Crippen molar-refractivity contribution in [1.29, 1.82) is 0 Å². The third-order valence-electron chi connectivity index (χ3n) is 5.89. The molecule has 15 nitrogen and oxygen atoms in total. The van der Waals surface area contributed by atoms with Crippen molar-refractivity contribution in [2.75, 3.05) is 20.7 Å². The highest BCUT2D eigenvalue weighted by Crippen LogP contribution is 2.59. The van der Waals surface area contributed by atoms with Gasteiger partial charge in [-0.25, -0.2) is 8.88 Å². The molecule has 17 heteroatoms. The Labute approximate surface area is 208 Å². The van der Waals surface area contributed by atoms with Crippen LogP contribution in [0, 0.1) is 0 Å². The monoisotopic (exact) mass is 556 g/mol. The Morgan fingerprint density at radius 2 is 1.97 bits per heavy atom. The van der Waals surface area contributed by atoms with Gasteiger partial charge in [-0.15, -0.1) is 0 Å². The van der Waals surface area contributed by atoms with Gasteiger partial charge in [0.05, 0.1) is 18.8 Å². The Hall–Kier alpha value is -1.19. The van der Waals surface area contributed by atoms with Gasteiger partial charge in [-0.2, -0.15) is 0 Å². The molecule has 3 rings (SSSR count). The van der Waals surface area contributed by atoms with Gasteiger partial charge in [-0.3, -0.25) is 18.4 Å². The molecule has 206 valence electrons. The molecular weight excluding hydrogens is 524 g/mol. The van der Waals surface area contributed by atoms with Gasteiger partial charge in [-0.05, 0) is 34.4 Å². The molecule has 4 N–H and O–H groups in total. The highest BCUT2D eigenvalue weighted by molar-refractivity contribution is 7.60. The second kappa shape index (κ2) is 11.3. The lowest BCUT2D eigenvalue weighted by Crippen LogP contribution is -2.54. The Morgan fingerprint density at radius 3 is 2.61 bits per heavy atom. The van der Waals surface area contributed by atoms with E-state index >= 15 is 0 Å². The molecule has 2 fully saturated rings. The van der Waals surface area contributed by atoms with Crippen LogP contribution in [-0.4, -0.2) is 94.5 Å². The van der Waals surface area contributed by atoms with E-state index in [1.54, 1.807) is 32.8 Å². The molecule has 0 bridgehead atoms. The number of aliphatic hydroxyl groups excluding tert-OH is 2. The normalized spacial score (nSPS) is 36.9. The summed E-state index contributed by atoms with van der Waals surface area (Å²) < 4.78 is 49.2. The molecule has 36 heavy (non-hydrogen) atoms. The summed E-state index contributed by atoms with van der Waals surface area (Å²) in [4.78, 5) is 37.1. The molecule has 0 aliphatic carbocycles. The van der Waals surface area contributed by atoms with Crippen LogP contribution < -0.4 is 10.2 Å². The van der Waals surface area contributed by atoms with Gasteiger partial charge >= 0.3 is 7.82 Å². The zero-order chi connectivity index (χ0) is 27.0. The van der Waals surface area contributed by atoms with Crippen LogP contribution in [0.3, 0.4) is 0 Å². The molecule has 3 aliphatic heterocycles. The van der Waals surface area contributed by atoms with E-state index in [0.717, 1.165) is 0 Å². The number of phosphoric ester groups is 2. The second-order valence-electron chi connectivity index (χ2n) is 9.02. The number of nitrogens with zero attached hydrogens (tertiary/aromatic N) is 2. The summed E-state index contributed by atoms with van der Waals surface area (Å²) >= 11 is 0. The van der Waals surface area contributed by atoms with Crippen molar-refractivity contribution in [1.82, 2.24) is 15.1 Å². The van der Waals surface area contributed by atoms with Crippen LogP contribution in [0.15, 0.2) is 24.2 Å². The number of carbonyl (C=O) groups is 1. The number of hydrogen-bond acceptors (Lipinski definition) is 13. The number of aliphatic hydroxyl groups is 2. The van der Waals surface area contributed by atoms with Crippen LogP contribution in [0.5, 0.6) is 0 Å². The van der Waals surface area contributed by atoms with Gasteiger partial charge in [0, 0.05) is 24.2 Å². The number of phosphoric acid groups is 2. The van der Waals surface area contributed by atoms with Crippen LogP contribution in [0.2, 0.25) is 0 Å². The lowest BCUT2D eigenvalue weighted by atomic mass is 9.99. The van der Waals surface area contributed by atoms with Crippen molar-refractivity contribution in [2.24, 2.45) is 0 Å². The predicted molar refractivity (Wildman–Crippen MR) is 120 cm³/mol. The highest BCUT2D eigenvalue weighted by atomic mass is 31.3. The van der Waals surface area contributed by atoms with Gasteiger partial charge in [0.15, 0.2) is 6.29 Å². The van der Waals surface area contributed by atoms with E-state index in [0.29, 0.717) is 12.0 Å². The van der Waals surface area contributed by atoms with Crippen molar-refractivity contribution in [3.05, 3.63) is 24.2 Å². The van der Waals surface area contributed by atoms with Gasteiger partial charge in [0.2, 0.25) is 0 Å². The molecule has 3 heterocycles. The molecule has 0 aromatic rings. The SMILES string of the molecule is C=C1NC(=O)C(C)=CN1[C@H]1CC(O)[C@@H](COP(=O)(O)OP(=O)([O-])O[C@@H]2OC(C)C[C@H](N(C)C)C2O)O1. The van der Waals surface area contributed by atoms with Crippen molar-refractivity contribution in [3.8, 4) is 0 Å². The van der Waals surface area contributed by atoms with E-state index in [4.69, 9.17) is 18.5 Å². The molecule has 3 aliphatic rings. The first kappa shape index (κ1) is 29.4. The van der Waals surface area contributed by atoms with E-state index in [1.165, 1.54) is 11.1 Å². The average Bonchev–Trinajstić information content (AvgIpc) is 3.10. The summed E-state index contributed by atoms with van der Waals surface area (Å²) in [5.41, 5.74) is 0.373. The van der Waals surface area contributed by atoms with Crippen molar-refractivity contribution in [2.45, 2.75) is 69.7 Å². The van der Waals surface area contributed by atoms with Gasteiger partial charge in [-0.1, -0.05) is 6.58 Å². The maximum Gasteiger partial charge on any atom is 0.478 e. The summed E-state index contributed by atoms with van der Waals surface area (Å²) in [5, 5.41) is 23.2. The summed E-state index contributed by atoms with van der Waals surface area (Å²) in [6.07, 6.45) is -4.66. The summed E-state index contributed by atoms with van der Waals surface area (Å²) in [7, 11) is -7.38. The van der Waals surface area contributed by atoms with Crippen LogP contribution in [0.4, 0.5) is 0 Å². The smallest absolute Gasteiger partial charge is 0.478 e. The molecule has 0 saturated carbocycles. The van der Waals surface area contributed by atoms with Crippen LogP contribution in [0.25, 0.3) is 0 Å². The molecule has 2 saturated heterocycles. The lowest BCUT2D eigenvalue weighted by molar-refractivity contribution is -0.270.